The second kappa shape index (κ2) is 13.1. The van der Waals surface area contributed by atoms with E-state index in [0.717, 1.165) is 38.5 Å². The summed E-state index contributed by atoms with van der Waals surface area (Å²) in [6.07, 6.45) is 2.29. The molecule has 184 valence electrons. The Morgan fingerprint density at radius 2 is 1.26 bits per heavy atom. The topological polar surface area (TPSA) is 55.4 Å². The van der Waals surface area contributed by atoms with Crippen LogP contribution in [0.15, 0.2) is 0 Å². The van der Waals surface area contributed by atoms with Crippen molar-refractivity contribution < 1.29 is 45.1 Å². The molecule has 4 nitrogen and oxygen atoms in total. The second-order valence-electron chi connectivity index (χ2n) is 7.84. The van der Waals surface area contributed by atoms with Gasteiger partial charge in [0.25, 0.3) is 5.91 Å². The molecule has 1 unspecified atom stereocenters. The highest BCUT2D eigenvalue weighted by molar-refractivity contribution is 5.89. The van der Waals surface area contributed by atoms with Crippen LogP contribution in [0.25, 0.3) is 0 Å². The molecule has 0 saturated heterocycles. The molecule has 0 aliphatic heterocycles. The van der Waals surface area contributed by atoms with Crippen molar-refractivity contribution in [1.82, 2.24) is 5.32 Å². The lowest BCUT2D eigenvalue weighted by molar-refractivity contribution is -0.344. The average molecular weight is 467 g/mol. The summed E-state index contributed by atoms with van der Waals surface area (Å²) in [4.78, 5) is 23.5. The first-order valence-corrected chi connectivity index (χ1v) is 10.5. The molecular formula is C20H32F7NO3. The van der Waals surface area contributed by atoms with Gasteiger partial charge in [-0.2, -0.15) is 30.7 Å². The fraction of sp³-hybridized carbons (Fsp3) is 0.900. The van der Waals surface area contributed by atoms with Crippen molar-refractivity contribution in [3.8, 4) is 0 Å². The van der Waals surface area contributed by atoms with Crippen LogP contribution in [0.5, 0.6) is 0 Å². The Balaban J connectivity index is 4.56. The second-order valence-corrected chi connectivity index (χ2v) is 7.84. The number of carbonyl (C=O) groups is 2. The zero-order valence-corrected chi connectivity index (χ0v) is 18.1. The van der Waals surface area contributed by atoms with Crippen LogP contribution in [0, 0.1) is 5.92 Å². The molecule has 0 saturated carbocycles. The molecule has 0 aliphatic rings. The molecule has 1 atom stereocenters. The van der Waals surface area contributed by atoms with E-state index in [1.807, 2.05) is 0 Å². The van der Waals surface area contributed by atoms with Crippen LogP contribution in [0.1, 0.15) is 78.6 Å². The standard InChI is InChI=1S/C20H32F7NO3/c1-4-5-6-7-8-9-10-11-12-13-31-16(29)15(14(2)3)28-17(30)18(21,22)19(23,24)20(25,26)27/h14-15H,4-13H2,1-3H3,(H,28,30). The predicted molar refractivity (Wildman–Crippen MR) is 101 cm³/mol. The van der Waals surface area contributed by atoms with Crippen LogP contribution < -0.4 is 5.32 Å². The molecular weight excluding hydrogens is 435 g/mol. The molecule has 0 aromatic heterocycles. The third-order valence-electron chi connectivity index (χ3n) is 4.73. The van der Waals surface area contributed by atoms with Gasteiger partial charge in [-0.1, -0.05) is 72.1 Å². The number of halogens is 7. The Hall–Kier alpha value is -1.55. The average Bonchev–Trinajstić information content (AvgIpc) is 2.65. The van der Waals surface area contributed by atoms with Gasteiger partial charge in [-0.15, -0.1) is 0 Å². The van der Waals surface area contributed by atoms with Crippen molar-refractivity contribution in [2.45, 2.75) is 103 Å². The maximum atomic E-state index is 13.5. The number of esters is 1. The first-order chi connectivity index (χ1) is 14.2. The zero-order valence-electron chi connectivity index (χ0n) is 18.1. The molecule has 0 heterocycles. The van der Waals surface area contributed by atoms with Crippen LogP contribution in [-0.4, -0.2) is 42.5 Å². The van der Waals surface area contributed by atoms with Crippen LogP contribution in [0.2, 0.25) is 0 Å². The van der Waals surface area contributed by atoms with E-state index in [4.69, 9.17) is 4.74 Å². The van der Waals surface area contributed by atoms with E-state index in [2.05, 4.69) is 6.92 Å². The molecule has 0 bridgehead atoms. The van der Waals surface area contributed by atoms with Gasteiger partial charge in [-0.3, -0.25) is 4.79 Å². The largest absolute Gasteiger partial charge is 0.464 e. The normalized spacial score (nSPS) is 13.9. The minimum absolute atomic E-state index is 0.0805. The van der Waals surface area contributed by atoms with Crippen LogP contribution >= 0.6 is 0 Å². The summed E-state index contributed by atoms with van der Waals surface area (Å²) in [5, 5.41) is 1.28. The first kappa shape index (κ1) is 29.5. The number of hydrogen-bond acceptors (Lipinski definition) is 3. The fourth-order valence-electron chi connectivity index (χ4n) is 2.73. The van der Waals surface area contributed by atoms with Gasteiger partial charge < -0.3 is 10.1 Å². The highest BCUT2D eigenvalue weighted by Gasteiger charge is 2.76. The lowest BCUT2D eigenvalue weighted by atomic mass is 10.0. The summed E-state index contributed by atoms with van der Waals surface area (Å²) in [7, 11) is 0. The molecule has 0 rings (SSSR count). The van der Waals surface area contributed by atoms with Crippen molar-refractivity contribution >= 4 is 11.9 Å². The molecule has 0 aliphatic carbocycles. The Morgan fingerprint density at radius 1 is 0.806 bits per heavy atom. The monoisotopic (exact) mass is 467 g/mol. The third kappa shape index (κ3) is 9.22. The van der Waals surface area contributed by atoms with Gasteiger partial charge in [-0.05, 0) is 12.3 Å². The lowest BCUT2D eigenvalue weighted by Crippen LogP contribution is -2.62. The van der Waals surface area contributed by atoms with E-state index >= 15 is 0 Å². The summed E-state index contributed by atoms with van der Waals surface area (Å²) >= 11 is 0. The maximum absolute atomic E-state index is 13.5. The van der Waals surface area contributed by atoms with Crippen molar-refractivity contribution in [2.75, 3.05) is 6.61 Å². The number of alkyl halides is 7. The number of amides is 1. The highest BCUT2D eigenvalue weighted by Crippen LogP contribution is 2.46. The summed E-state index contributed by atoms with van der Waals surface area (Å²) in [5.41, 5.74) is 0. The predicted octanol–water partition coefficient (Wildman–Crippen LogP) is 6.03. The third-order valence-corrected chi connectivity index (χ3v) is 4.73. The number of nitrogens with one attached hydrogen (secondary N) is 1. The molecule has 0 aromatic rings. The van der Waals surface area contributed by atoms with E-state index in [-0.39, 0.29) is 6.61 Å². The summed E-state index contributed by atoms with van der Waals surface area (Å²) in [5.74, 6) is -17.6. The number of carbonyl (C=O) groups excluding carboxylic acids is 2. The smallest absolute Gasteiger partial charge is 0.460 e. The molecule has 0 aromatic carbocycles. The van der Waals surface area contributed by atoms with Gasteiger partial charge in [0.2, 0.25) is 0 Å². The zero-order chi connectivity index (χ0) is 24.3. The van der Waals surface area contributed by atoms with Crippen molar-refractivity contribution in [3.05, 3.63) is 0 Å². The van der Waals surface area contributed by atoms with Gasteiger partial charge in [0.05, 0.1) is 6.61 Å². The molecule has 0 spiro atoms. The first-order valence-electron chi connectivity index (χ1n) is 10.5. The van der Waals surface area contributed by atoms with Gasteiger partial charge >= 0.3 is 24.0 Å². The van der Waals surface area contributed by atoms with Crippen molar-refractivity contribution in [1.29, 1.82) is 0 Å². The van der Waals surface area contributed by atoms with E-state index in [1.165, 1.54) is 32.0 Å². The number of rotatable bonds is 15. The SMILES string of the molecule is CCCCCCCCCCCOC(=O)C(NC(=O)C(F)(F)C(F)(F)C(F)(F)F)C(C)C. The molecule has 1 N–H and O–H groups in total. The minimum atomic E-state index is -6.64. The number of ether oxygens (including phenoxy) is 1. The van der Waals surface area contributed by atoms with Crippen LogP contribution in [0.3, 0.4) is 0 Å². The quantitative estimate of drug-likeness (QED) is 0.182. The van der Waals surface area contributed by atoms with Gasteiger partial charge in [0.15, 0.2) is 0 Å². The van der Waals surface area contributed by atoms with E-state index in [1.54, 1.807) is 0 Å². The van der Waals surface area contributed by atoms with E-state index in [0.29, 0.717) is 6.42 Å². The summed E-state index contributed by atoms with van der Waals surface area (Å²) in [6.45, 7) is 4.64. The van der Waals surface area contributed by atoms with Crippen molar-refractivity contribution in [2.24, 2.45) is 5.92 Å². The molecule has 11 heteroatoms. The van der Waals surface area contributed by atoms with E-state index in [9.17, 15) is 40.3 Å². The van der Waals surface area contributed by atoms with E-state index < -0.39 is 41.9 Å². The van der Waals surface area contributed by atoms with Gasteiger partial charge in [0, 0.05) is 0 Å². The van der Waals surface area contributed by atoms with Crippen LogP contribution in [0.4, 0.5) is 30.7 Å². The molecule has 0 fully saturated rings. The van der Waals surface area contributed by atoms with Crippen molar-refractivity contribution in [3.63, 3.8) is 0 Å². The Kier molecular flexibility index (Phi) is 12.4. The number of hydrogen-bond donors (Lipinski definition) is 1. The minimum Gasteiger partial charge on any atom is -0.464 e. The summed E-state index contributed by atoms with van der Waals surface area (Å²) < 4.78 is 94.5. The Morgan fingerprint density at radius 3 is 1.68 bits per heavy atom. The Bertz CT molecular complexity index is 551. The highest BCUT2D eigenvalue weighted by atomic mass is 19.4. The fourth-order valence-corrected chi connectivity index (χ4v) is 2.73. The van der Waals surface area contributed by atoms with Gasteiger partial charge in [-0.25, -0.2) is 4.79 Å². The summed E-state index contributed by atoms with van der Waals surface area (Å²) in [6, 6.07) is -1.79. The number of unbranched alkanes of at least 4 members (excludes halogenated alkanes) is 8. The Labute approximate surface area is 178 Å². The van der Waals surface area contributed by atoms with Gasteiger partial charge in [0.1, 0.15) is 6.04 Å². The molecule has 31 heavy (non-hydrogen) atoms. The molecule has 1 amide bonds. The molecule has 0 radical (unpaired) electrons. The van der Waals surface area contributed by atoms with Crippen LogP contribution in [-0.2, 0) is 14.3 Å². The maximum Gasteiger partial charge on any atom is 0.460 e. The lowest BCUT2D eigenvalue weighted by Gasteiger charge is -2.29.